The Bertz CT molecular complexity index is 1170. The Morgan fingerprint density at radius 1 is 1.00 bits per heavy atom. The first-order chi connectivity index (χ1) is 15.8. The van der Waals surface area contributed by atoms with Gasteiger partial charge in [0.2, 0.25) is 5.91 Å². The number of amides is 1. The van der Waals surface area contributed by atoms with Crippen LogP contribution in [0.25, 0.3) is 0 Å². The molecular formula is C25H27ClN2O4S. The number of hydrogen-bond donors (Lipinski definition) is 1. The van der Waals surface area contributed by atoms with Crippen molar-refractivity contribution in [1.82, 2.24) is 5.32 Å². The number of halogens is 1. The van der Waals surface area contributed by atoms with Gasteiger partial charge in [0.25, 0.3) is 10.0 Å². The van der Waals surface area contributed by atoms with E-state index in [0.29, 0.717) is 10.8 Å². The Balaban J connectivity index is 1.81. The van der Waals surface area contributed by atoms with Crippen LogP contribution in [0.4, 0.5) is 5.69 Å². The van der Waals surface area contributed by atoms with Gasteiger partial charge in [-0.2, -0.15) is 0 Å². The molecule has 0 aliphatic carbocycles. The zero-order valence-electron chi connectivity index (χ0n) is 18.6. The maximum Gasteiger partial charge on any atom is 0.264 e. The van der Waals surface area contributed by atoms with Crippen LogP contribution in [0.1, 0.15) is 18.9 Å². The third-order valence-corrected chi connectivity index (χ3v) is 7.18. The number of nitrogens with one attached hydrogen (secondary N) is 1. The van der Waals surface area contributed by atoms with E-state index < -0.39 is 15.9 Å². The van der Waals surface area contributed by atoms with Gasteiger partial charge >= 0.3 is 0 Å². The monoisotopic (exact) mass is 486 g/mol. The second-order valence-electron chi connectivity index (χ2n) is 7.63. The highest BCUT2D eigenvalue weighted by atomic mass is 35.5. The number of rotatable bonds is 10. The van der Waals surface area contributed by atoms with Gasteiger partial charge in [0.05, 0.1) is 17.7 Å². The molecule has 0 bridgehead atoms. The number of para-hydroxylation sites is 2. The van der Waals surface area contributed by atoms with Crippen molar-refractivity contribution in [1.29, 1.82) is 0 Å². The predicted molar refractivity (Wildman–Crippen MR) is 131 cm³/mol. The van der Waals surface area contributed by atoms with Crippen LogP contribution >= 0.6 is 11.6 Å². The highest BCUT2D eigenvalue weighted by molar-refractivity contribution is 7.92. The SMILES string of the molecule is COc1ccccc1N(CC(=O)N[C@H](C)CCc1ccccc1)S(=O)(=O)c1ccc(Cl)cc1. The smallest absolute Gasteiger partial charge is 0.264 e. The molecule has 3 aromatic rings. The van der Waals surface area contributed by atoms with E-state index in [1.807, 2.05) is 37.3 Å². The van der Waals surface area contributed by atoms with E-state index in [0.717, 1.165) is 17.1 Å². The van der Waals surface area contributed by atoms with Crippen molar-refractivity contribution in [2.45, 2.75) is 30.7 Å². The number of nitrogens with zero attached hydrogens (tertiary/aromatic N) is 1. The van der Waals surface area contributed by atoms with Gasteiger partial charge < -0.3 is 10.1 Å². The maximum absolute atomic E-state index is 13.5. The van der Waals surface area contributed by atoms with Gasteiger partial charge in [-0.3, -0.25) is 9.10 Å². The summed E-state index contributed by atoms with van der Waals surface area (Å²) in [6, 6.07) is 22.4. The number of hydrogen-bond acceptors (Lipinski definition) is 4. The van der Waals surface area contributed by atoms with Crippen LogP contribution in [0.3, 0.4) is 0 Å². The van der Waals surface area contributed by atoms with Gasteiger partial charge in [-0.25, -0.2) is 8.42 Å². The molecule has 0 aliphatic heterocycles. The van der Waals surface area contributed by atoms with E-state index in [1.54, 1.807) is 24.3 Å². The van der Waals surface area contributed by atoms with Gasteiger partial charge in [-0.15, -0.1) is 0 Å². The van der Waals surface area contributed by atoms with Gasteiger partial charge in [-0.05, 0) is 61.7 Å². The lowest BCUT2D eigenvalue weighted by Crippen LogP contribution is -2.43. The molecule has 33 heavy (non-hydrogen) atoms. The van der Waals surface area contributed by atoms with Crippen LogP contribution < -0.4 is 14.4 Å². The van der Waals surface area contributed by atoms with Gasteiger partial charge in [0.15, 0.2) is 0 Å². The molecule has 0 fully saturated rings. The average molecular weight is 487 g/mol. The van der Waals surface area contributed by atoms with Crippen molar-refractivity contribution in [3.8, 4) is 5.75 Å². The molecule has 0 unspecified atom stereocenters. The van der Waals surface area contributed by atoms with Crippen molar-refractivity contribution in [2.24, 2.45) is 0 Å². The number of carbonyl (C=O) groups is 1. The van der Waals surface area contributed by atoms with E-state index in [2.05, 4.69) is 5.32 Å². The minimum absolute atomic E-state index is 0.0303. The lowest BCUT2D eigenvalue weighted by atomic mass is 10.1. The molecule has 3 rings (SSSR count). The third-order valence-electron chi connectivity index (χ3n) is 5.16. The summed E-state index contributed by atoms with van der Waals surface area (Å²) in [6.45, 7) is 1.52. The Morgan fingerprint density at radius 2 is 1.64 bits per heavy atom. The second-order valence-corrected chi connectivity index (χ2v) is 9.93. The van der Waals surface area contributed by atoms with Gasteiger partial charge in [0.1, 0.15) is 12.3 Å². The number of benzene rings is 3. The summed E-state index contributed by atoms with van der Waals surface area (Å²) in [5.74, 6) is -0.0565. The molecule has 0 aliphatic rings. The largest absolute Gasteiger partial charge is 0.495 e. The molecule has 0 radical (unpaired) electrons. The lowest BCUT2D eigenvalue weighted by molar-refractivity contribution is -0.120. The maximum atomic E-state index is 13.5. The summed E-state index contributed by atoms with van der Waals surface area (Å²) >= 11 is 5.93. The standard InChI is InChI=1S/C25H27ClN2O4S/c1-19(12-13-20-8-4-3-5-9-20)27-25(29)18-28(23-10-6-7-11-24(23)32-2)33(30,31)22-16-14-21(26)15-17-22/h3-11,14-17,19H,12-13,18H2,1-2H3,(H,27,29)/t19-/m1/s1. The van der Waals surface area contributed by atoms with Crippen LogP contribution in [0.15, 0.2) is 83.8 Å². The fourth-order valence-electron chi connectivity index (χ4n) is 3.42. The van der Waals surface area contributed by atoms with Gasteiger partial charge in [-0.1, -0.05) is 54.1 Å². The third kappa shape index (κ3) is 6.49. The topological polar surface area (TPSA) is 75.7 Å². The van der Waals surface area contributed by atoms with Gasteiger partial charge in [0, 0.05) is 11.1 Å². The number of aryl methyl sites for hydroxylation is 1. The van der Waals surface area contributed by atoms with E-state index in [-0.39, 0.29) is 23.2 Å². The Kier molecular flexibility index (Phi) is 8.36. The molecule has 1 N–H and O–H groups in total. The van der Waals surface area contributed by atoms with Crippen molar-refractivity contribution >= 4 is 33.2 Å². The second kappa shape index (κ2) is 11.2. The van der Waals surface area contributed by atoms with Crippen LogP contribution in [0, 0.1) is 0 Å². The van der Waals surface area contributed by atoms with E-state index in [1.165, 1.54) is 36.9 Å². The van der Waals surface area contributed by atoms with Crippen molar-refractivity contribution in [3.05, 3.63) is 89.4 Å². The summed E-state index contributed by atoms with van der Waals surface area (Å²) in [7, 11) is -2.60. The highest BCUT2D eigenvalue weighted by Gasteiger charge is 2.29. The number of methoxy groups -OCH3 is 1. The molecule has 0 spiro atoms. The zero-order chi connectivity index (χ0) is 23.8. The van der Waals surface area contributed by atoms with Crippen LogP contribution in [0.2, 0.25) is 5.02 Å². The quantitative estimate of drug-likeness (QED) is 0.451. The first-order valence-electron chi connectivity index (χ1n) is 10.6. The van der Waals surface area contributed by atoms with Crippen molar-refractivity contribution in [3.63, 3.8) is 0 Å². The van der Waals surface area contributed by atoms with Crippen molar-refractivity contribution in [2.75, 3.05) is 18.0 Å². The number of anilines is 1. The van der Waals surface area contributed by atoms with E-state index >= 15 is 0 Å². The molecule has 1 atom stereocenters. The molecule has 0 heterocycles. The lowest BCUT2D eigenvalue weighted by Gasteiger charge is -2.26. The Labute approximate surface area is 200 Å². The molecule has 0 saturated heterocycles. The first kappa shape index (κ1) is 24.6. The summed E-state index contributed by atoms with van der Waals surface area (Å²) < 4.78 is 33.4. The molecule has 6 nitrogen and oxygen atoms in total. The summed E-state index contributed by atoms with van der Waals surface area (Å²) in [5.41, 5.74) is 1.46. The molecule has 174 valence electrons. The molecule has 0 aromatic heterocycles. The molecule has 0 saturated carbocycles. The van der Waals surface area contributed by atoms with E-state index in [9.17, 15) is 13.2 Å². The first-order valence-corrected chi connectivity index (χ1v) is 12.4. The van der Waals surface area contributed by atoms with Crippen molar-refractivity contribution < 1.29 is 17.9 Å². The number of ether oxygens (including phenoxy) is 1. The normalized spacial score (nSPS) is 12.1. The molecule has 1 amide bonds. The van der Waals surface area contributed by atoms with Crippen LogP contribution in [0.5, 0.6) is 5.75 Å². The average Bonchev–Trinajstić information content (AvgIpc) is 2.82. The number of carbonyl (C=O) groups excluding carboxylic acids is 1. The predicted octanol–water partition coefficient (Wildman–Crippen LogP) is 4.68. The molecular weight excluding hydrogens is 460 g/mol. The molecule has 3 aromatic carbocycles. The summed E-state index contributed by atoms with van der Waals surface area (Å²) in [6.07, 6.45) is 1.54. The Morgan fingerprint density at radius 3 is 2.30 bits per heavy atom. The minimum atomic E-state index is -4.06. The van der Waals surface area contributed by atoms with Crippen LogP contribution in [-0.2, 0) is 21.2 Å². The van der Waals surface area contributed by atoms with E-state index in [4.69, 9.17) is 16.3 Å². The zero-order valence-corrected chi connectivity index (χ0v) is 20.1. The fourth-order valence-corrected chi connectivity index (χ4v) is 4.98. The minimum Gasteiger partial charge on any atom is -0.495 e. The summed E-state index contributed by atoms with van der Waals surface area (Å²) in [5, 5.41) is 3.33. The summed E-state index contributed by atoms with van der Waals surface area (Å²) in [4.78, 5) is 12.9. The Hall–Kier alpha value is -3.03. The van der Waals surface area contributed by atoms with Crippen LogP contribution in [-0.4, -0.2) is 34.0 Å². The highest BCUT2D eigenvalue weighted by Crippen LogP contribution is 2.32. The number of sulfonamides is 1. The molecule has 8 heteroatoms. The fraction of sp³-hybridized carbons (Fsp3) is 0.240.